The number of hydrogen-bond acceptors (Lipinski definition) is 4. The molecule has 0 radical (unpaired) electrons. The molecule has 1 aromatic carbocycles. The van der Waals surface area contributed by atoms with Crippen LogP contribution in [0.5, 0.6) is 0 Å². The van der Waals surface area contributed by atoms with Crippen molar-refractivity contribution in [3.8, 4) is 0 Å². The van der Waals surface area contributed by atoms with Crippen molar-refractivity contribution < 1.29 is 0 Å². The molecule has 0 saturated carbocycles. The first-order chi connectivity index (χ1) is 8.13. The third-order valence-corrected chi connectivity index (χ3v) is 3.96. The quantitative estimate of drug-likeness (QED) is 0.462. The lowest BCUT2D eigenvalue weighted by Crippen LogP contribution is -2.31. The molecule has 17 heavy (non-hydrogen) atoms. The van der Waals surface area contributed by atoms with E-state index in [1.165, 1.54) is 0 Å². The molecule has 0 bridgehead atoms. The topological polar surface area (TPSA) is 68.8 Å². The van der Waals surface area contributed by atoms with Crippen molar-refractivity contribution in [1.82, 2.24) is 20.4 Å². The van der Waals surface area contributed by atoms with Crippen molar-refractivity contribution in [2.24, 2.45) is 12.9 Å². The average molecular weight is 408 g/mol. The van der Waals surface area contributed by atoms with E-state index in [0.717, 1.165) is 19.3 Å². The first-order valence-corrected chi connectivity index (χ1v) is 6.76. The van der Waals surface area contributed by atoms with Crippen molar-refractivity contribution >= 4 is 38.5 Å². The Balaban J connectivity index is 2.49. The molecule has 0 aliphatic heterocycles. The average Bonchev–Trinajstić information content (AvgIpc) is 2.71. The highest BCUT2D eigenvalue weighted by molar-refractivity contribution is 14.1. The summed E-state index contributed by atoms with van der Waals surface area (Å²) < 4.78 is 3.86. The highest BCUT2D eigenvalue weighted by atomic mass is 127. The summed E-state index contributed by atoms with van der Waals surface area (Å²) in [5.41, 5.74) is 4.81. The van der Waals surface area contributed by atoms with Gasteiger partial charge in [-0.3, -0.25) is 10.5 Å². The molecular weight excluding hydrogens is 397 g/mol. The van der Waals surface area contributed by atoms with Gasteiger partial charge in [-0.15, -0.1) is 5.10 Å². The van der Waals surface area contributed by atoms with E-state index in [0.29, 0.717) is 0 Å². The molecule has 0 amide bonds. The van der Waals surface area contributed by atoms with Gasteiger partial charge in [0.2, 0.25) is 0 Å². The van der Waals surface area contributed by atoms with Crippen molar-refractivity contribution in [1.29, 1.82) is 0 Å². The minimum Gasteiger partial charge on any atom is -0.271 e. The van der Waals surface area contributed by atoms with E-state index >= 15 is 0 Å². The molecular formula is C10H11BrIN5. The lowest BCUT2D eigenvalue weighted by molar-refractivity contribution is 0.568. The van der Waals surface area contributed by atoms with Gasteiger partial charge in [0.25, 0.3) is 0 Å². The van der Waals surface area contributed by atoms with Gasteiger partial charge in [0.15, 0.2) is 0 Å². The fourth-order valence-electron chi connectivity index (χ4n) is 1.63. The zero-order valence-corrected chi connectivity index (χ0v) is 12.8. The number of benzene rings is 1. The monoisotopic (exact) mass is 407 g/mol. The molecule has 2 aromatic rings. The van der Waals surface area contributed by atoms with E-state index in [1.54, 1.807) is 10.9 Å². The minimum absolute atomic E-state index is 0.126. The van der Waals surface area contributed by atoms with Crippen molar-refractivity contribution in [3.05, 3.63) is 43.7 Å². The van der Waals surface area contributed by atoms with Crippen LogP contribution in [0.4, 0.5) is 0 Å². The summed E-state index contributed by atoms with van der Waals surface area (Å²) in [7, 11) is 1.84. The number of nitrogens with two attached hydrogens (primary N) is 1. The fourth-order valence-corrected chi connectivity index (χ4v) is 2.66. The molecule has 1 atom stereocenters. The van der Waals surface area contributed by atoms with Crippen LogP contribution in [0.15, 0.2) is 28.9 Å². The molecule has 0 saturated heterocycles. The molecule has 1 aromatic heterocycles. The predicted octanol–water partition coefficient (Wildman–Crippen LogP) is 1.73. The standard InChI is InChI=1S/C10H11BrIN5/c1-17-9(5-14-16-17)10(15-13)7-4-6(11)2-3-8(7)12/h2-5,10,15H,13H2,1H3. The van der Waals surface area contributed by atoms with Gasteiger partial charge >= 0.3 is 0 Å². The van der Waals surface area contributed by atoms with Gasteiger partial charge in [0.1, 0.15) is 0 Å². The molecule has 1 unspecified atom stereocenters. The van der Waals surface area contributed by atoms with Crippen LogP contribution < -0.4 is 11.3 Å². The first-order valence-electron chi connectivity index (χ1n) is 4.89. The van der Waals surface area contributed by atoms with Crippen LogP contribution in [0.2, 0.25) is 0 Å². The zero-order chi connectivity index (χ0) is 12.4. The van der Waals surface area contributed by atoms with E-state index in [9.17, 15) is 0 Å². The smallest absolute Gasteiger partial charge is 0.0905 e. The van der Waals surface area contributed by atoms with Gasteiger partial charge in [-0.1, -0.05) is 21.1 Å². The SMILES string of the molecule is Cn1nncc1C(NN)c1cc(Br)ccc1I. The summed E-state index contributed by atoms with van der Waals surface area (Å²) >= 11 is 5.75. The summed E-state index contributed by atoms with van der Waals surface area (Å²) in [6, 6.07) is 5.95. The maximum atomic E-state index is 5.65. The first kappa shape index (κ1) is 12.9. The van der Waals surface area contributed by atoms with Gasteiger partial charge in [-0.05, 0) is 46.4 Å². The van der Waals surface area contributed by atoms with E-state index in [1.807, 2.05) is 25.2 Å². The molecule has 0 aliphatic rings. The molecule has 0 aliphatic carbocycles. The second-order valence-electron chi connectivity index (χ2n) is 3.55. The van der Waals surface area contributed by atoms with Crippen LogP contribution in [0, 0.1) is 3.57 Å². The molecule has 2 rings (SSSR count). The van der Waals surface area contributed by atoms with Gasteiger partial charge in [0.05, 0.1) is 17.9 Å². The van der Waals surface area contributed by atoms with Gasteiger partial charge in [-0.2, -0.15) is 0 Å². The van der Waals surface area contributed by atoms with Gasteiger partial charge in [0, 0.05) is 15.1 Å². The third kappa shape index (κ3) is 2.67. The van der Waals surface area contributed by atoms with Gasteiger partial charge in [-0.25, -0.2) is 5.43 Å². The van der Waals surface area contributed by atoms with Crippen molar-refractivity contribution in [2.45, 2.75) is 6.04 Å². The molecule has 0 fully saturated rings. The Hall–Kier alpha value is -0.510. The number of rotatable bonds is 3. The highest BCUT2D eigenvalue weighted by Gasteiger charge is 2.19. The number of hydrogen-bond donors (Lipinski definition) is 2. The van der Waals surface area contributed by atoms with Crippen LogP contribution in [0.1, 0.15) is 17.3 Å². The molecule has 5 nitrogen and oxygen atoms in total. The van der Waals surface area contributed by atoms with Crippen LogP contribution in [0.25, 0.3) is 0 Å². The lowest BCUT2D eigenvalue weighted by Gasteiger charge is -2.17. The van der Waals surface area contributed by atoms with Crippen LogP contribution >= 0.6 is 38.5 Å². The summed E-state index contributed by atoms with van der Waals surface area (Å²) in [6.07, 6.45) is 1.71. The molecule has 0 spiro atoms. The number of nitrogens with zero attached hydrogens (tertiary/aromatic N) is 3. The van der Waals surface area contributed by atoms with Gasteiger partial charge < -0.3 is 0 Å². The van der Waals surface area contributed by atoms with Crippen molar-refractivity contribution in [3.63, 3.8) is 0 Å². The maximum absolute atomic E-state index is 5.65. The Morgan fingerprint density at radius 3 is 2.88 bits per heavy atom. The summed E-state index contributed by atoms with van der Waals surface area (Å²) in [5, 5.41) is 7.79. The Bertz CT molecular complexity index is 527. The van der Waals surface area contributed by atoms with Crippen molar-refractivity contribution in [2.75, 3.05) is 0 Å². The molecule has 3 N–H and O–H groups in total. The summed E-state index contributed by atoms with van der Waals surface area (Å²) in [6.45, 7) is 0. The van der Waals surface area contributed by atoms with E-state index in [4.69, 9.17) is 5.84 Å². The summed E-state index contributed by atoms with van der Waals surface area (Å²) in [5.74, 6) is 5.65. The Morgan fingerprint density at radius 1 is 1.53 bits per heavy atom. The van der Waals surface area contributed by atoms with E-state index in [-0.39, 0.29) is 6.04 Å². The Kier molecular flexibility index (Phi) is 4.13. The largest absolute Gasteiger partial charge is 0.271 e. The number of aryl methyl sites for hydroxylation is 1. The Morgan fingerprint density at radius 2 is 2.29 bits per heavy atom. The number of halogens is 2. The zero-order valence-electron chi connectivity index (χ0n) is 9.06. The maximum Gasteiger partial charge on any atom is 0.0905 e. The van der Waals surface area contributed by atoms with E-state index in [2.05, 4.69) is 54.3 Å². The predicted molar refractivity (Wildman–Crippen MR) is 77.0 cm³/mol. The van der Waals surface area contributed by atoms with Crippen LogP contribution in [-0.2, 0) is 7.05 Å². The number of aromatic nitrogens is 3. The van der Waals surface area contributed by atoms with E-state index < -0.39 is 0 Å². The fraction of sp³-hybridized carbons (Fsp3) is 0.200. The normalized spacial score (nSPS) is 12.7. The number of nitrogens with one attached hydrogen (secondary N) is 1. The van der Waals surface area contributed by atoms with Crippen LogP contribution in [0.3, 0.4) is 0 Å². The molecule has 90 valence electrons. The number of hydrazine groups is 1. The molecule has 1 heterocycles. The molecule has 7 heteroatoms. The lowest BCUT2D eigenvalue weighted by atomic mass is 10.1. The Labute approximate surface area is 121 Å². The highest BCUT2D eigenvalue weighted by Crippen LogP contribution is 2.27. The second kappa shape index (κ2) is 5.42. The second-order valence-corrected chi connectivity index (χ2v) is 5.63. The van der Waals surface area contributed by atoms with Crippen LogP contribution in [-0.4, -0.2) is 15.0 Å². The third-order valence-electron chi connectivity index (χ3n) is 2.48. The minimum atomic E-state index is -0.126. The summed E-state index contributed by atoms with van der Waals surface area (Å²) in [4.78, 5) is 0.